The van der Waals surface area contributed by atoms with E-state index in [0.29, 0.717) is 13.0 Å². The molecule has 0 aliphatic carbocycles. The van der Waals surface area contributed by atoms with E-state index >= 15 is 0 Å². The lowest BCUT2D eigenvalue weighted by Crippen LogP contribution is -2.40. The highest BCUT2D eigenvalue weighted by atomic mass is 32.1. The number of amides is 1. The van der Waals surface area contributed by atoms with Crippen LogP contribution in [0.25, 0.3) is 16.8 Å². The van der Waals surface area contributed by atoms with Gasteiger partial charge in [0.1, 0.15) is 0 Å². The summed E-state index contributed by atoms with van der Waals surface area (Å²) in [6.07, 6.45) is 3.00. The van der Waals surface area contributed by atoms with Crippen LogP contribution < -0.4 is 0 Å². The maximum Gasteiger partial charge on any atom is 0.490 e. The number of piperidine rings is 1. The molecule has 0 saturated carbocycles. The number of carbonyl (C=O) groups excluding carboxylic acids is 1. The summed E-state index contributed by atoms with van der Waals surface area (Å²) in [5.74, 6) is -1.56. The predicted molar refractivity (Wildman–Crippen MR) is 126 cm³/mol. The van der Waals surface area contributed by atoms with Gasteiger partial charge in [-0.1, -0.05) is 12.1 Å². The van der Waals surface area contributed by atoms with Gasteiger partial charge < -0.3 is 10.0 Å². The first-order valence-corrected chi connectivity index (χ1v) is 12.0. The fraction of sp³-hybridized carbons (Fsp3) is 0.292. The van der Waals surface area contributed by atoms with Crippen molar-refractivity contribution in [3.8, 4) is 11.1 Å². The van der Waals surface area contributed by atoms with Crippen LogP contribution in [-0.4, -0.2) is 60.7 Å². The third kappa shape index (κ3) is 6.25. The van der Waals surface area contributed by atoms with E-state index in [0.717, 1.165) is 46.9 Å². The zero-order chi connectivity index (χ0) is 25.7. The lowest BCUT2D eigenvalue weighted by Gasteiger charge is -2.31. The van der Waals surface area contributed by atoms with Crippen LogP contribution in [0, 0.1) is 0 Å². The van der Waals surface area contributed by atoms with Crippen molar-refractivity contribution in [1.82, 2.24) is 24.5 Å². The zero-order valence-electron chi connectivity index (χ0n) is 18.9. The lowest BCUT2D eigenvalue weighted by atomic mass is 9.97. The van der Waals surface area contributed by atoms with Crippen molar-refractivity contribution in [3.63, 3.8) is 0 Å². The van der Waals surface area contributed by atoms with Crippen LogP contribution in [0.15, 0.2) is 60.4 Å². The van der Waals surface area contributed by atoms with Gasteiger partial charge in [-0.2, -0.15) is 18.3 Å². The fourth-order valence-corrected chi connectivity index (χ4v) is 4.56. The number of alkyl halides is 3. The minimum Gasteiger partial charge on any atom is -0.475 e. The smallest absolute Gasteiger partial charge is 0.475 e. The highest BCUT2D eigenvalue weighted by Crippen LogP contribution is 2.27. The first-order valence-electron chi connectivity index (χ1n) is 11.1. The standard InChI is InChI=1S/C22H21N5OS.C2HF3O2/c28-21(12-19-6-3-11-29-19)26-10-2-5-18(14-26)22-24-20-8-7-17(15-27(20)25-22)16-4-1-9-23-13-16;3-2(4,5)1(6)7/h1,3-4,6-9,11,13,15,18H,2,5,10,12,14H2;(H,6,7). The molecule has 1 aliphatic rings. The number of halogens is 3. The molecule has 188 valence electrons. The first kappa shape index (κ1) is 25.3. The number of carboxylic acid groups (broad SMARTS) is 1. The van der Waals surface area contributed by atoms with Crippen molar-refractivity contribution >= 4 is 28.9 Å². The van der Waals surface area contributed by atoms with E-state index in [1.807, 2.05) is 63.6 Å². The number of likely N-dealkylation sites (tertiary alicyclic amines) is 1. The number of aromatic nitrogens is 4. The third-order valence-corrected chi connectivity index (χ3v) is 6.51. The van der Waals surface area contributed by atoms with Gasteiger partial charge in [0.15, 0.2) is 11.5 Å². The summed E-state index contributed by atoms with van der Waals surface area (Å²) >= 11 is 1.63. The monoisotopic (exact) mass is 517 g/mol. The second-order valence-corrected chi connectivity index (χ2v) is 9.20. The number of hydrogen-bond acceptors (Lipinski definition) is 6. The second kappa shape index (κ2) is 10.9. The lowest BCUT2D eigenvalue weighted by molar-refractivity contribution is -0.192. The molecule has 12 heteroatoms. The van der Waals surface area contributed by atoms with Crippen molar-refractivity contribution in [2.45, 2.75) is 31.4 Å². The highest BCUT2D eigenvalue weighted by Gasteiger charge is 2.38. The minimum absolute atomic E-state index is 0.178. The summed E-state index contributed by atoms with van der Waals surface area (Å²) in [4.78, 5) is 33.6. The molecule has 1 amide bonds. The maximum atomic E-state index is 12.7. The highest BCUT2D eigenvalue weighted by molar-refractivity contribution is 7.10. The van der Waals surface area contributed by atoms with Gasteiger partial charge in [-0.25, -0.2) is 14.3 Å². The number of nitrogens with zero attached hydrogens (tertiary/aromatic N) is 5. The molecule has 0 aromatic carbocycles. The van der Waals surface area contributed by atoms with Gasteiger partial charge in [0.2, 0.25) is 5.91 Å². The van der Waals surface area contributed by atoms with E-state index in [1.165, 1.54) is 0 Å². The Bertz CT molecular complexity index is 1330. The Hall–Kier alpha value is -3.80. The van der Waals surface area contributed by atoms with Crippen LogP contribution >= 0.6 is 11.3 Å². The number of carbonyl (C=O) groups is 2. The fourth-order valence-electron chi connectivity index (χ4n) is 3.87. The van der Waals surface area contributed by atoms with Gasteiger partial charge in [-0.3, -0.25) is 9.78 Å². The number of fused-ring (bicyclic) bond motifs is 1. The Labute approximate surface area is 208 Å². The number of pyridine rings is 2. The molecule has 1 fully saturated rings. The summed E-state index contributed by atoms with van der Waals surface area (Å²) < 4.78 is 33.6. The Balaban J connectivity index is 0.000000384. The Morgan fingerprint density at radius 2 is 1.94 bits per heavy atom. The first-order chi connectivity index (χ1) is 17.2. The van der Waals surface area contributed by atoms with Gasteiger partial charge in [0.25, 0.3) is 0 Å². The average molecular weight is 518 g/mol. The number of aliphatic carboxylic acids is 1. The molecule has 36 heavy (non-hydrogen) atoms. The summed E-state index contributed by atoms with van der Waals surface area (Å²) in [6, 6.07) is 12.0. The molecule has 1 atom stereocenters. The van der Waals surface area contributed by atoms with Crippen LogP contribution in [-0.2, 0) is 16.0 Å². The van der Waals surface area contributed by atoms with Crippen LogP contribution in [0.2, 0.25) is 0 Å². The van der Waals surface area contributed by atoms with Gasteiger partial charge in [0, 0.05) is 53.6 Å². The van der Waals surface area contributed by atoms with Crippen LogP contribution in [0.3, 0.4) is 0 Å². The third-order valence-electron chi connectivity index (χ3n) is 5.63. The predicted octanol–water partition coefficient (Wildman–Crippen LogP) is 4.43. The van der Waals surface area contributed by atoms with Gasteiger partial charge in [0.05, 0.1) is 6.42 Å². The van der Waals surface area contributed by atoms with Crippen molar-refractivity contribution in [3.05, 3.63) is 71.1 Å². The Kier molecular flexibility index (Phi) is 7.63. The Morgan fingerprint density at radius 3 is 2.61 bits per heavy atom. The summed E-state index contributed by atoms with van der Waals surface area (Å²) in [5.41, 5.74) is 2.93. The van der Waals surface area contributed by atoms with Crippen molar-refractivity contribution < 1.29 is 27.9 Å². The van der Waals surface area contributed by atoms with Crippen LogP contribution in [0.5, 0.6) is 0 Å². The van der Waals surface area contributed by atoms with Gasteiger partial charge in [-0.15, -0.1) is 11.3 Å². The molecule has 1 unspecified atom stereocenters. The second-order valence-electron chi connectivity index (χ2n) is 8.17. The molecule has 8 nitrogen and oxygen atoms in total. The molecule has 0 bridgehead atoms. The van der Waals surface area contributed by atoms with Gasteiger partial charge >= 0.3 is 12.1 Å². The molecular weight excluding hydrogens is 495 g/mol. The molecule has 5 heterocycles. The summed E-state index contributed by atoms with van der Waals surface area (Å²) in [6.45, 7) is 1.51. The molecule has 4 aromatic rings. The largest absolute Gasteiger partial charge is 0.490 e. The van der Waals surface area contributed by atoms with Crippen molar-refractivity contribution in [1.29, 1.82) is 0 Å². The number of rotatable bonds is 4. The average Bonchev–Trinajstić information content (AvgIpc) is 3.54. The van der Waals surface area contributed by atoms with Crippen molar-refractivity contribution in [2.24, 2.45) is 0 Å². The SMILES string of the molecule is O=C(Cc1cccs1)N1CCCC(c2nc3ccc(-c4cccnc4)cn3n2)C1.O=C(O)C(F)(F)F. The molecule has 1 aliphatic heterocycles. The molecule has 0 radical (unpaired) electrons. The van der Waals surface area contributed by atoms with E-state index in [9.17, 15) is 18.0 Å². The zero-order valence-corrected chi connectivity index (χ0v) is 19.7. The maximum absolute atomic E-state index is 12.7. The van der Waals surface area contributed by atoms with E-state index in [4.69, 9.17) is 20.0 Å². The van der Waals surface area contributed by atoms with Crippen molar-refractivity contribution in [2.75, 3.05) is 13.1 Å². The number of carboxylic acids is 1. The quantitative estimate of drug-likeness (QED) is 0.430. The molecule has 1 N–H and O–H groups in total. The topological polar surface area (TPSA) is 101 Å². The van der Waals surface area contributed by atoms with E-state index in [1.54, 1.807) is 17.5 Å². The summed E-state index contributed by atoms with van der Waals surface area (Å²) in [7, 11) is 0. The minimum atomic E-state index is -5.08. The van der Waals surface area contributed by atoms with Crippen LogP contribution in [0.4, 0.5) is 13.2 Å². The molecule has 5 rings (SSSR count). The van der Waals surface area contributed by atoms with E-state index in [2.05, 4.69) is 4.98 Å². The summed E-state index contributed by atoms with van der Waals surface area (Å²) in [5, 5.41) is 13.9. The van der Waals surface area contributed by atoms with Crippen LogP contribution in [0.1, 0.15) is 29.5 Å². The Morgan fingerprint density at radius 1 is 1.14 bits per heavy atom. The normalized spacial score (nSPS) is 15.9. The van der Waals surface area contributed by atoms with E-state index < -0.39 is 12.1 Å². The number of hydrogen-bond donors (Lipinski definition) is 1. The van der Waals surface area contributed by atoms with Gasteiger partial charge in [-0.05, 0) is 42.5 Å². The van der Waals surface area contributed by atoms with E-state index in [-0.39, 0.29) is 11.8 Å². The number of thiophene rings is 1. The molecule has 1 saturated heterocycles. The molecular formula is C24H22F3N5O3S. The molecule has 0 spiro atoms. The molecule has 4 aromatic heterocycles.